The smallest absolute Gasteiger partial charge is 0.256 e. The van der Waals surface area contributed by atoms with Gasteiger partial charge in [-0.1, -0.05) is 0 Å². The van der Waals surface area contributed by atoms with Crippen LogP contribution in [0.2, 0.25) is 0 Å². The van der Waals surface area contributed by atoms with Gasteiger partial charge in [0.05, 0.1) is 16.1 Å². The minimum atomic E-state index is -4.27. The van der Waals surface area contributed by atoms with Gasteiger partial charge in [0.15, 0.2) is 5.82 Å². The summed E-state index contributed by atoms with van der Waals surface area (Å²) in [4.78, 5) is 16.8. The molecule has 2 heterocycles. The number of anilines is 2. The van der Waals surface area contributed by atoms with Crippen LogP contribution in [0.5, 0.6) is 0 Å². The number of carbonyl (C=O) groups excluding carboxylic acids is 1. The summed E-state index contributed by atoms with van der Waals surface area (Å²) in [5.74, 6) is -2.17. The van der Waals surface area contributed by atoms with Crippen molar-refractivity contribution in [3.63, 3.8) is 0 Å². The molecular weight excluding hydrogens is 514 g/mol. The highest BCUT2D eigenvalue weighted by atomic mass is 32.2. The van der Waals surface area contributed by atoms with E-state index in [4.69, 9.17) is 0 Å². The molecule has 1 aromatic heterocycles. The zero-order chi connectivity index (χ0) is 27.8. The molecule has 12 heteroatoms. The highest BCUT2D eigenvalue weighted by Crippen LogP contribution is 2.43. The van der Waals surface area contributed by atoms with E-state index in [0.29, 0.717) is 22.9 Å². The second-order valence-corrected chi connectivity index (χ2v) is 11.8. The number of H-pyrrole nitrogens is 1. The number of hydrogen-bond acceptors (Lipinski definition) is 6. The number of rotatable bonds is 9. The fourth-order valence-electron chi connectivity index (χ4n) is 4.58. The molecule has 0 radical (unpaired) electrons. The highest BCUT2D eigenvalue weighted by molar-refractivity contribution is 7.89. The quantitative estimate of drug-likeness (QED) is 0.424. The van der Waals surface area contributed by atoms with Crippen molar-refractivity contribution >= 4 is 27.4 Å². The first-order valence-corrected chi connectivity index (χ1v) is 13.7. The first-order valence-electron chi connectivity index (χ1n) is 12.2. The molecule has 0 unspecified atom stereocenters. The molecule has 0 saturated carbocycles. The molecule has 3 aromatic rings. The third-order valence-corrected chi connectivity index (χ3v) is 8.75. The Hall–Kier alpha value is -3.35. The predicted molar refractivity (Wildman–Crippen MR) is 142 cm³/mol. The van der Waals surface area contributed by atoms with E-state index in [-0.39, 0.29) is 12.4 Å². The molecule has 0 fully saturated rings. The Morgan fingerprint density at radius 2 is 1.74 bits per heavy atom. The molecule has 0 bridgehead atoms. The minimum Gasteiger partial charge on any atom is -0.371 e. The lowest BCUT2D eigenvalue weighted by atomic mass is 10.0. The number of aromatic nitrogens is 2. The lowest BCUT2D eigenvalue weighted by molar-refractivity contribution is 0.102. The normalized spacial score (nSPS) is 15.1. The summed E-state index contributed by atoms with van der Waals surface area (Å²) in [6.45, 7) is 7.84. The summed E-state index contributed by atoms with van der Waals surface area (Å²) >= 11 is 0. The van der Waals surface area contributed by atoms with E-state index in [1.165, 1.54) is 0 Å². The van der Waals surface area contributed by atoms with Gasteiger partial charge < -0.3 is 15.1 Å². The van der Waals surface area contributed by atoms with Crippen LogP contribution < -0.4 is 10.2 Å². The number of amides is 1. The third kappa shape index (κ3) is 5.29. The number of aromatic amines is 1. The summed E-state index contributed by atoms with van der Waals surface area (Å²) in [7, 11) is -0.231. The van der Waals surface area contributed by atoms with E-state index >= 15 is 0 Å². The summed E-state index contributed by atoms with van der Waals surface area (Å²) in [6.07, 6.45) is 0. The summed E-state index contributed by atoms with van der Waals surface area (Å²) in [5, 5.41) is 9.81. The van der Waals surface area contributed by atoms with Crippen molar-refractivity contribution in [1.29, 1.82) is 0 Å². The van der Waals surface area contributed by atoms with Crippen LogP contribution in [0.25, 0.3) is 0 Å². The fourth-order valence-corrected chi connectivity index (χ4v) is 6.35. The van der Waals surface area contributed by atoms with Crippen LogP contribution in [0, 0.1) is 11.6 Å². The Morgan fingerprint density at radius 1 is 1.11 bits per heavy atom. The van der Waals surface area contributed by atoms with Crippen LogP contribution in [-0.2, 0) is 22.1 Å². The summed E-state index contributed by atoms with van der Waals surface area (Å²) in [5.41, 5.74) is 1.29. The number of nitrogens with one attached hydrogen (secondary N) is 2. The van der Waals surface area contributed by atoms with Crippen LogP contribution in [0.1, 0.15) is 42.4 Å². The molecule has 2 aromatic carbocycles. The van der Waals surface area contributed by atoms with Crippen LogP contribution in [0.15, 0.2) is 47.4 Å². The number of hydrogen-bond donors (Lipinski definition) is 2. The molecule has 1 aliphatic heterocycles. The molecule has 1 amide bonds. The monoisotopic (exact) mass is 546 g/mol. The van der Waals surface area contributed by atoms with Gasteiger partial charge in [0.2, 0.25) is 10.0 Å². The van der Waals surface area contributed by atoms with Crippen molar-refractivity contribution in [2.75, 3.05) is 43.9 Å². The second-order valence-electron chi connectivity index (χ2n) is 9.99. The van der Waals surface area contributed by atoms with Gasteiger partial charge >= 0.3 is 0 Å². The fraction of sp³-hybridized carbons (Fsp3) is 0.385. The van der Waals surface area contributed by atoms with Crippen molar-refractivity contribution in [3.05, 3.63) is 70.9 Å². The van der Waals surface area contributed by atoms with E-state index in [2.05, 4.69) is 32.2 Å². The van der Waals surface area contributed by atoms with Crippen LogP contribution in [0.4, 0.5) is 20.3 Å². The number of sulfonamides is 1. The number of benzene rings is 2. The first-order chi connectivity index (χ1) is 17.8. The van der Waals surface area contributed by atoms with Crippen molar-refractivity contribution in [2.24, 2.45) is 0 Å². The largest absolute Gasteiger partial charge is 0.371 e. The molecule has 0 atom stereocenters. The Labute approximate surface area is 221 Å². The van der Waals surface area contributed by atoms with Crippen molar-refractivity contribution in [3.8, 4) is 0 Å². The molecular formula is C26H32F2N6O3S. The third-order valence-electron chi connectivity index (χ3n) is 6.75. The highest BCUT2D eigenvalue weighted by Gasteiger charge is 2.48. The molecule has 1 aliphatic rings. The van der Waals surface area contributed by atoms with Gasteiger partial charge in [-0.15, -0.1) is 0 Å². The van der Waals surface area contributed by atoms with Gasteiger partial charge in [0.1, 0.15) is 11.6 Å². The number of carbonyl (C=O) groups is 1. The maximum atomic E-state index is 13.8. The Balaban J connectivity index is 1.53. The molecule has 38 heavy (non-hydrogen) atoms. The van der Waals surface area contributed by atoms with Gasteiger partial charge in [-0.3, -0.25) is 9.89 Å². The van der Waals surface area contributed by atoms with Crippen molar-refractivity contribution < 1.29 is 22.0 Å². The van der Waals surface area contributed by atoms with Crippen LogP contribution >= 0.6 is 0 Å². The van der Waals surface area contributed by atoms with E-state index in [9.17, 15) is 22.0 Å². The van der Waals surface area contributed by atoms with E-state index < -0.39 is 38.0 Å². The Kier molecular flexibility index (Phi) is 7.60. The Bertz CT molecular complexity index is 1420. The van der Waals surface area contributed by atoms with Crippen molar-refractivity contribution in [1.82, 2.24) is 19.4 Å². The van der Waals surface area contributed by atoms with Gasteiger partial charge in [0.25, 0.3) is 5.91 Å². The van der Waals surface area contributed by atoms with Gasteiger partial charge in [-0.2, -0.15) is 9.40 Å². The summed E-state index contributed by atoms with van der Waals surface area (Å²) < 4.78 is 55.4. The first kappa shape index (κ1) is 27.7. The lowest BCUT2D eigenvalue weighted by Gasteiger charge is -2.30. The number of fused-ring (bicyclic) bond motifs is 1. The molecule has 204 valence electrons. The van der Waals surface area contributed by atoms with Crippen LogP contribution in [-0.4, -0.2) is 67.5 Å². The zero-order valence-electron chi connectivity index (χ0n) is 22.0. The molecule has 0 aliphatic carbocycles. The second kappa shape index (κ2) is 10.4. The Morgan fingerprint density at radius 3 is 2.32 bits per heavy atom. The topological polar surface area (TPSA) is 102 Å². The average molecular weight is 547 g/mol. The van der Waals surface area contributed by atoms with Gasteiger partial charge in [0, 0.05) is 49.1 Å². The van der Waals surface area contributed by atoms with Gasteiger partial charge in [-0.05, 0) is 71.3 Å². The molecule has 0 saturated heterocycles. The zero-order valence-corrected chi connectivity index (χ0v) is 22.9. The number of nitrogens with zero attached hydrogens (tertiary/aromatic N) is 4. The standard InChI is InChI=1S/C26H32F2N6O3S/c1-6-33(12-11-32(4)5)20-9-7-17(8-10-20)25(35)29-24-22-16-34(26(2,3)23(22)30-31-24)38(36,37)21-14-18(27)13-19(28)15-21/h7-10,13-15H,6,11-12,16H2,1-5H3,(H2,29,30,31,35). The SMILES string of the molecule is CCN(CCN(C)C)c1ccc(C(=O)Nc2n[nH]c3c2CN(S(=O)(=O)c2cc(F)cc(F)c2)C3(C)C)cc1. The molecule has 2 N–H and O–H groups in total. The predicted octanol–water partition coefficient (Wildman–Crippen LogP) is 3.77. The van der Waals surface area contributed by atoms with E-state index in [1.807, 2.05) is 26.2 Å². The van der Waals surface area contributed by atoms with Crippen LogP contribution in [0.3, 0.4) is 0 Å². The van der Waals surface area contributed by atoms with Gasteiger partial charge in [-0.25, -0.2) is 17.2 Å². The molecule has 0 spiro atoms. The van der Waals surface area contributed by atoms with E-state index in [1.54, 1.807) is 26.0 Å². The minimum absolute atomic E-state index is 0.134. The maximum absolute atomic E-state index is 13.8. The van der Waals surface area contributed by atoms with E-state index in [0.717, 1.165) is 41.8 Å². The van der Waals surface area contributed by atoms with Crippen molar-refractivity contribution in [2.45, 2.75) is 37.8 Å². The number of likely N-dealkylation sites (N-methyl/N-ethyl adjacent to an activating group) is 2. The molecule has 9 nitrogen and oxygen atoms in total. The molecule has 4 rings (SSSR count). The lowest BCUT2D eigenvalue weighted by Crippen LogP contribution is -2.40. The average Bonchev–Trinajstić information content (AvgIpc) is 3.37. The maximum Gasteiger partial charge on any atom is 0.256 e. The summed E-state index contributed by atoms with van der Waals surface area (Å²) in [6, 6.07) is 9.42. The number of halogens is 2.